The van der Waals surface area contributed by atoms with E-state index in [1.165, 1.54) is 23.1 Å². The number of β-lactam (4-membered cyclic amide) rings is 1. The summed E-state index contributed by atoms with van der Waals surface area (Å²) in [5.74, 6) is -0.563. The molecule has 0 aromatic carbocycles. The van der Waals surface area contributed by atoms with Gasteiger partial charge >= 0.3 is 10.3 Å². The molecule has 2 heterocycles. The Morgan fingerprint density at radius 2 is 2.33 bits per heavy atom. The van der Waals surface area contributed by atoms with Crippen LogP contribution in [0.5, 0.6) is 0 Å². The number of amides is 1. The van der Waals surface area contributed by atoms with Gasteiger partial charge in [0.25, 0.3) is 0 Å². The average Bonchev–Trinajstić information content (AvgIpc) is 2.51. The van der Waals surface area contributed by atoms with E-state index in [4.69, 9.17) is 4.55 Å². The Morgan fingerprint density at radius 1 is 1.60 bits per heavy atom. The Morgan fingerprint density at radius 3 is 2.80 bits per heavy atom. The molecule has 0 saturated carbocycles. The third-order valence-corrected chi connectivity index (χ3v) is 5.20. The highest BCUT2D eigenvalue weighted by molar-refractivity contribution is 8.02. The number of carbonyl (C=O) groups is 1. The van der Waals surface area contributed by atoms with Crippen LogP contribution in [0.2, 0.25) is 0 Å². The molecule has 1 unspecified atom stereocenters. The maximum absolute atomic E-state index is 11.0. The van der Waals surface area contributed by atoms with Gasteiger partial charge in [-0.25, -0.2) is 4.31 Å². The Labute approximate surface area is 95.0 Å². The SMILES string of the molecule is O=C1CC(Sc2cccs2)N1S(=O)(=O)O. The zero-order valence-electron chi connectivity index (χ0n) is 7.36. The minimum atomic E-state index is -4.40. The van der Waals surface area contributed by atoms with E-state index >= 15 is 0 Å². The maximum atomic E-state index is 11.0. The van der Waals surface area contributed by atoms with E-state index < -0.39 is 21.6 Å². The van der Waals surface area contributed by atoms with Crippen LogP contribution >= 0.6 is 23.1 Å². The normalized spacial score (nSPS) is 21.5. The monoisotopic (exact) mass is 265 g/mol. The molecule has 82 valence electrons. The van der Waals surface area contributed by atoms with Crippen molar-refractivity contribution in [3.05, 3.63) is 17.5 Å². The van der Waals surface area contributed by atoms with Gasteiger partial charge in [-0.3, -0.25) is 9.35 Å². The summed E-state index contributed by atoms with van der Waals surface area (Å²) >= 11 is 2.72. The predicted molar refractivity (Wildman–Crippen MR) is 57.0 cm³/mol. The summed E-state index contributed by atoms with van der Waals surface area (Å²) in [4.78, 5) is 11.0. The highest BCUT2D eigenvalue weighted by Crippen LogP contribution is 2.38. The standard InChI is InChI=1S/C7H7NO4S3/c9-5-4-6(8(5)15(10,11)12)14-7-2-1-3-13-7/h1-3,6H,4H2,(H,10,11,12). The Balaban J connectivity index is 2.10. The van der Waals surface area contributed by atoms with E-state index in [9.17, 15) is 13.2 Å². The highest BCUT2D eigenvalue weighted by atomic mass is 32.2. The molecule has 0 bridgehead atoms. The summed E-state index contributed by atoms with van der Waals surface area (Å²) in [6.07, 6.45) is 0.141. The molecule has 1 saturated heterocycles. The fourth-order valence-corrected chi connectivity index (χ4v) is 4.40. The Kier molecular flexibility index (Phi) is 2.75. The number of thioether (sulfide) groups is 1. The van der Waals surface area contributed by atoms with Crippen LogP contribution in [-0.4, -0.2) is 28.6 Å². The van der Waals surface area contributed by atoms with Crippen molar-refractivity contribution < 1.29 is 17.8 Å². The van der Waals surface area contributed by atoms with E-state index in [-0.39, 0.29) is 6.42 Å². The van der Waals surface area contributed by atoms with Crippen molar-refractivity contribution >= 4 is 39.3 Å². The van der Waals surface area contributed by atoms with Gasteiger partial charge in [0.15, 0.2) is 0 Å². The van der Waals surface area contributed by atoms with Gasteiger partial charge in [0.05, 0.1) is 10.6 Å². The number of thiophene rings is 1. The lowest BCUT2D eigenvalue weighted by molar-refractivity contribution is -0.134. The van der Waals surface area contributed by atoms with Crippen LogP contribution in [0.3, 0.4) is 0 Å². The van der Waals surface area contributed by atoms with Gasteiger partial charge in [0.1, 0.15) is 5.37 Å². The Hall–Kier alpha value is -0.570. The van der Waals surface area contributed by atoms with Gasteiger partial charge in [0, 0.05) is 0 Å². The van der Waals surface area contributed by atoms with Crippen molar-refractivity contribution in [1.29, 1.82) is 0 Å². The lowest BCUT2D eigenvalue weighted by atomic mass is 10.3. The summed E-state index contributed by atoms with van der Waals surface area (Å²) in [6.45, 7) is 0. The number of hydrogen-bond acceptors (Lipinski definition) is 5. The number of rotatable bonds is 3. The first-order valence-corrected chi connectivity index (χ1v) is 7.14. The van der Waals surface area contributed by atoms with Crippen molar-refractivity contribution in [3.63, 3.8) is 0 Å². The summed E-state index contributed by atoms with van der Waals surface area (Å²) in [5, 5.41) is 1.35. The topological polar surface area (TPSA) is 74.7 Å². The van der Waals surface area contributed by atoms with E-state index in [1.807, 2.05) is 17.5 Å². The van der Waals surface area contributed by atoms with Crippen molar-refractivity contribution in [2.75, 3.05) is 0 Å². The molecular formula is C7H7NO4S3. The van der Waals surface area contributed by atoms with Crippen LogP contribution in [0.1, 0.15) is 6.42 Å². The van der Waals surface area contributed by atoms with Crippen molar-refractivity contribution in [1.82, 2.24) is 4.31 Å². The van der Waals surface area contributed by atoms with Crippen molar-refractivity contribution in [2.24, 2.45) is 0 Å². The van der Waals surface area contributed by atoms with Crippen LogP contribution in [0.4, 0.5) is 0 Å². The summed E-state index contributed by atoms with van der Waals surface area (Å²) < 4.78 is 31.8. The first-order chi connectivity index (χ1) is 6.98. The average molecular weight is 265 g/mol. The zero-order valence-corrected chi connectivity index (χ0v) is 9.81. The first kappa shape index (κ1) is 10.9. The number of carbonyl (C=O) groups excluding carboxylic acids is 1. The van der Waals surface area contributed by atoms with Gasteiger partial charge < -0.3 is 0 Å². The molecule has 1 amide bonds. The molecule has 5 nitrogen and oxygen atoms in total. The largest absolute Gasteiger partial charge is 0.363 e. The summed E-state index contributed by atoms with van der Waals surface area (Å²) in [7, 11) is -4.40. The van der Waals surface area contributed by atoms with Crippen LogP contribution in [0.15, 0.2) is 21.7 Å². The molecule has 1 fully saturated rings. The Bertz CT molecular complexity index is 466. The lowest BCUT2D eigenvalue weighted by Gasteiger charge is -2.35. The minimum absolute atomic E-state index is 0.141. The summed E-state index contributed by atoms with van der Waals surface area (Å²) in [6, 6.07) is 3.67. The molecule has 1 atom stereocenters. The summed E-state index contributed by atoms with van der Waals surface area (Å²) in [5.41, 5.74) is 0. The van der Waals surface area contributed by atoms with Crippen LogP contribution in [0.25, 0.3) is 0 Å². The fraction of sp³-hybridized carbons (Fsp3) is 0.286. The quantitative estimate of drug-likeness (QED) is 0.656. The van der Waals surface area contributed by atoms with Crippen molar-refractivity contribution in [3.8, 4) is 0 Å². The molecule has 1 aliphatic heterocycles. The number of hydrogen-bond donors (Lipinski definition) is 1. The molecule has 0 aliphatic carbocycles. The second kappa shape index (κ2) is 3.78. The maximum Gasteiger partial charge on any atom is 0.363 e. The molecule has 8 heteroatoms. The smallest absolute Gasteiger partial charge is 0.274 e. The fourth-order valence-electron chi connectivity index (χ4n) is 1.20. The lowest BCUT2D eigenvalue weighted by Crippen LogP contribution is -2.53. The van der Waals surface area contributed by atoms with E-state index in [0.717, 1.165) is 4.21 Å². The third-order valence-electron chi connectivity index (χ3n) is 1.85. The molecule has 0 spiro atoms. The van der Waals surface area contributed by atoms with E-state index in [0.29, 0.717) is 4.31 Å². The second-order valence-corrected chi connectivity index (χ2v) is 6.59. The van der Waals surface area contributed by atoms with Gasteiger partial charge in [-0.1, -0.05) is 17.8 Å². The highest BCUT2D eigenvalue weighted by Gasteiger charge is 2.44. The molecule has 1 aromatic heterocycles. The van der Waals surface area contributed by atoms with Crippen LogP contribution in [0, 0.1) is 0 Å². The molecule has 1 aliphatic rings. The first-order valence-electron chi connectivity index (χ1n) is 3.98. The molecule has 15 heavy (non-hydrogen) atoms. The number of nitrogens with zero attached hydrogens (tertiary/aromatic N) is 1. The minimum Gasteiger partial charge on any atom is -0.274 e. The van der Waals surface area contributed by atoms with Gasteiger partial charge in [-0.15, -0.1) is 11.3 Å². The van der Waals surface area contributed by atoms with Gasteiger partial charge in [0.2, 0.25) is 5.91 Å². The molecular weight excluding hydrogens is 258 g/mol. The van der Waals surface area contributed by atoms with Crippen LogP contribution < -0.4 is 0 Å². The third kappa shape index (κ3) is 2.17. The molecule has 0 radical (unpaired) electrons. The van der Waals surface area contributed by atoms with Gasteiger partial charge in [-0.05, 0) is 11.4 Å². The van der Waals surface area contributed by atoms with Gasteiger partial charge in [-0.2, -0.15) is 8.42 Å². The van der Waals surface area contributed by atoms with E-state index in [1.54, 1.807) is 0 Å². The van der Waals surface area contributed by atoms with E-state index in [2.05, 4.69) is 0 Å². The second-order valence-electron chi connectivity index (χ2n) is 2.88. The van der Waals surface area contributed by atoms with Crippen molar-refractivity contribution in [2.45, 2.75) is 16.0 Å². The molecule has 2 rings (SSSR count). The zero-order chi connectivity index (χ0) is 11.1. The van der Waals surface area contributed by atoms with Crippen LogP contribution in [-0.2, 0) is 15.1 Å². The predicted octanol–water partition coefficient (Wildman–Crippen LogP) is 1.20. The molecule has 1 N–H and O–H groups in total. The molecule has 1 aromatic rings.